The van der Waals surface area contributed by atoms with E-state index < -0.39 is 0 Å². The molecular formula is C19H31FN6O2. The molecule has 0 aliphatic carbocycles. The molecule has 4 rings (SSSR count). The van der Waals surface area contributed by atoms with Crippen LogP contribution in [0.1, 0.15) is 12.8 Å². The summed E-state index contributed by atoms with van der Waals surface area (Å²) in [7, 11) is 0. The van der Waals surface area contributed by atoms with Crippen molar-refractivity contribution in [2.24, 2.45) is 0 Å². The molecule has 0 aromatic carbocycles. The van der Waals surface area contributed by atoms with Crippen LogP contribution in [-0.4, -0.2) is 110 Å². The highest BCUT2D eigenvalue weighted by Gasteiger charge is 2.29. The number of hydrogen-bond donors (Lipinski definition) is 1. The fourth-order valence-corrected chi connectivity index (χ4v) is 4.42. The number of hydrogen-bond acceptors (Lipinski definition) is 8. The van der Waals surface area contributed by atoms with Gasteiger partial charge in [-0.2, -0.15) is 4.98 Å². The Balaban J connectivity index is 1.32. The van der Waals surface area contributed by atoms with E-state index in [1.54, 1.807) is 0 Å². The van der Waals surface area contributed by atoms with Crippen molar-refractivity contribution in [2.45, 2.75) is 18.9 Å². The normalized spacial score (nSPS) is 23.4. The highest BCUT2D eigenvalue weighted by Crippen LogP contribution is 2.24. The lowest BCUT2D eigenvalue weighted by Gasteiger charge is -2.42. The van der Waals surface area contributed by atoms with Crippen LogP contribution in [0.15, 0.2) is 6.20 Å². The maximum atomic E-state index is 14.3. The average Bonchev–Trinajstić information content (AvgIpc) is 2.76. The van der Waals surface area contributed by atoms with Crippen molar-refractivity contribution in [3.63, 3.8) is 0 Å². The maximum Gasteiger partial charge on any atom is 0.227 e. The van der Waals surface area contributed by atoms with Gasteiger partial charge in [0.1, 0.15) is 0 Å². The second-order valence-electron chi connectivity index (χ2n) is 7.76. The lowest BCUT2D eigenvalue weighted by molar-refractivity contribution is 0.0746. The van der Waals surface area contributed by atoms with Crippen LogP contribution < -0.4 is 9.80 Å². The summed E-state index contributed by atoms with van der Waals surface area (Å²) in [5.41, 5.74) is 0. The number of morpholine rings is 1. The first-order chi connectivity index (χ1) is 13.7. The number of anilines is 2. The largest absolute Gasteiger partial charge is 0.395 e. The van der Waals surface area contributed by atoms with Crippen molar-refractivity contribution in [3.05, 3.63) is 12.0 Å². The smallest absolute Gasteiger partial charge is 0.227 e. The van der Waals surface area contributed by atoms with E-state index >= 15 is 0 Å². The van der Waals surface area contributed by atoms with Gasteiger partial charge in [0, 0.05) is 64.9 Å². The predicted molar refractivity (Wildman–Crippen MR) is 105 cm³/mol. The first kappa shape index (κ1) is 19.8. The molecule has 0 radical (unpaired) electrons. The van der Waals surface area contributed by atoms with E-state index in [1.807, 2.05) is 4.90 Å². The van der Waals surface area contributed by atoms with Gasteiger partial charge in [-0.25, -0.2) is 9.37 Å². The summed E-state index contributed by atoms with van der Waals surface area (Å²) in [6, 6.07) is 0.590. The molecule has 156 valence electrons. The van der Waals surface area contributed by atoms with Crippen molar-refractivity contribution in [1.29, 1.82) is 0 Å². The number of aliphatic hydroxyl groups excluding tert-OH is 1. The number of aromatic nitrogens is 2. The number of halogens is 1. The van der Waals surface area contributed by atoms with E-state index in [9.17, 15) is 4.39 Å². The first-order valence-electron chi connectivity index (χ1n) is 10.4. The van der Waals surface area contributed by atoms with Gasteiger partial charge in [0.25, 0.3) is 0 Å². The molecule has 1 aromatic heterocycles. The Morgan fingerprint density at radius 3 is 2.39 bits per heavy atom. The topological polar surface area (TPSA) is 68.2 Å². The molecule has 0 atom stereocenters. The van der Waals surface area contributed by atoms with E-state index in [1.165, 1.54) is 6.20 Å². The molecule has 3 fully saturated rings. The minimum Gasteiger partial charge on any atom is -0.395 e. The zero-order valence-electron chi connectivity index (χ0n) is 16.5. The van der Waals surface area contributed by atoms with E-state index in [-0.39, 0.29) is 12.4 Å². The highest BCUT2D eigenvalue weighted by atomic mass is 19.1. The Morgan fingerprint density at radius 1 is 1.00 bits per heavy atom. The van der Waals surface area contributed by atoms with Gasteiger partial charge in [-0.15, -0.1) is 0 Å². The molecule has 0 spiro atoms. The first-order valence-corrected chi connectivity index (χ1v) is 10.4. The van der Waals surface area contributed by atoms with Crippen LogP contribution in [0.2, 0.25) is 0 Å². The summed E-state index contributed by atoms with van der Waals surface area (Å²) in [4.78, 5) is 17.9. The Kier molecular flexibility index (Phi) is 6.56. The molecule has 9 heteroatoms. The predicted octanol–water partition coefficient (Wildman–Crippen LogP) is 0.0310. The lowest BCUT2D eigenvalue weighted by atomic mass is 10.0. The molecule has 3 aliphatic rings. The lowest BCUT2D eigenvalue weighted by Crippen LogP contribution is -2.53. The number of ether oxygens (including phenoxy) is 1. The third kappa shape index (κ3) is 4.53. The van der Waals surface area contributed by atoms with Crippen molar-refractivity contribution in [2.75, 3.05) is 88.5 Å². The number of piperidine rings is 1. The van der Waals surface area contributed by atoms with Crippen LogP contribution in [0.4, 0.5) is 16.2 Å². The van der Waals surface area contributed by atoms with Gasteiger partial charge in [-0.3, -0.25) is 9.80 Å². The van der Waals surface area contributed by atoms with Gasteiger partial charge in [-0.05, 0) is 12.8 Å². The highest BCUT2D eigenvalue weighted by molar-refractivity contribution is 5.45. The minimum atomic E-state index is -0.360. The summed E-state index contributed by atoms with van der Waals surface area (Å²) in [6.45, 7) is 9.56. The molecule has 0 bridgehead atoms. The van der Waals surface area contributed by atoms with Gasteiger partial charge in [0.15, 0.2) is 11.6 Å². The molecule has 28 heavy (non-hydrogen) atoms. The van der Waals surface area contributed by atoms with Crippen LogP contribution in [0.3, 0.4) is 0 Å². The Bertz CT molecular complexity index is 629. The van der Waals surface area contributed by atoms with Crippen LogP contribution in [0, 0.1) is 5.82 Å². The van der Waals surface area contributed by atoms with E-state index in [2.05, 4.69) is 24.7 Å². The van der Waals surface area contributed by atoms with Gasteiger partial charge in [0.2, 0.25) is 5.95 Å². The standard InChI is InChI=1S/C19H31FN6O2/c20-17-15-21-19(22-18(17)25-10-13-28-14-11-25)26-3-1-16(2-4-26)24-7-5-23(6-8-24)9-12-27/h15-16,27H,1-14H2. The molecule has 0 unspecified atom stereocenters. The Labute approximate surface area is 165 Å². The molecule has 3 saturated heterocycles. The van der Waals surface area contributed by atoms with Crippen LogP contribution in [0.5, 0.6) is 0 Å². The van der Waals surface area contributed by atoms with Crippen molar-refractivity contribution >= 4 is 11.8 Å². The molecule has 3 aliphatic heterocycles. The SMILES string of the molecule is OCCN1CCN(C2CCN(c3ncc(F)c(N4CCOCC4)n3)CC2)CC1. The van der Waals surface area contributed by atoms with E-state index in [0.29, 0.717) is 44.1 Å². The Morgan fingerprint density at radius 2 is 1.71 bits per heavy atom. The number of rotatable bonds is 5. The fourth-order valence-electron chi connectivity index (χ4n) is 4.42. The second-order valence-corrected chi connectivity index (χ2v) is 7.76. The summed E-state index contributed by atoms with van der Waals surface area (Å²) < 4.78 is 19.6. The summed E-state index contributed by atoms with van der Waals surface area (Å²) in [5.74, 6) is 0.672. The number of aliphatic hydroxyl groups is 1. The Hall–Kier alpha value is -1.55. The van der Waals surface area contributed by atoms with Crippen LogP contribution in [-0.2, 0) is 4.74 Å². The van der Waals surface area contributed by atoms with Crippen molar-refractivity contribution in [1.82, 2.24) is 19.8 Å². The minimum absolute atomic E-state index is 0.239. The van der Waals surface area contributed by atoms with Gasteiger partial charge >= 0.3 is 0 Å². The second kappa shape index (κ2) is 9.30. The zero-order chi connectivity index (χ0) is 19.3. The molecule has 0 amide bonds. The van der Waals surface area contributed by atoms with Gasteiger partial charge in [0.05, 0.1) is 26.0 Å². The third-order valence-electron chi connectivity index (χ3n) is 6.11. The molecule has 1 N–H and O–H groups in total. The summed E-state index contributed by atoms with van der Waals surface area (Å²) in [6.07, 6.45) is 3.46. The molecular weight excluding hydrogens is 363 g/mol. The fraction of sp³-hybridized carbons (Fsp3) is 0.789. The van der Waals surface area contributed by atoms with Crippen LogP contribution in [0.25, 0.3) is 0 Å². The van der Waals surface area contributed by atoms with Crippen molar-refractivity contribution < 1.29 is 14.2 Å². The van der Waals surface area contributed by atoms with Gasteiger partial charge in [-0.1, -0.05) is 0 Å². The monoisotopic (exact) mass is 394 g/mol. The summed E-state index contributed by atoms with van der Waals surface area (Å²) >= 11 is 0. The number of nitrogens with zero attached hydrogens (tertiary/aromatic N) is 6. The number of piperazine rings is 1. The van der Waals surface area contributed by atoms with E-state index in [4.69, 9.17) is 9.84 Å². The molecule has 4 heterocycles. The van der Waals surface area contributed by atoms with Gasteiger partial charge < -0.3 is 19.6 Å². The summed E-state index contributed by atoms with van der Waals surface area (Å²) in [5, 5.41) is 9.09. The maximum absolute atomic E-state index is 14.3. The van der Waals surface area contributed by atoms with E-state index in [0.717, 1.165) is 58.7 Å². The number of β-amino-alcohol motifs (C(OH)–C–C–N with tert-alkyl or cyclic N) is 1. The zero-order valence-corrected chi connectivity index (χ0v) is 16.5. The molecule has 1 aromatic rings. The molecule has 8 nitrogen and oxygen atoms in total. The quantitative estimate of drug-likeness (QED) is 0.751. The van der Waals surface area contributed by atoms with Crippen molar-refractivity contribution in [3.8, 4) is 0 Å². The van der Waals surface area contributed by atoms with Crippen LogP contribution >= 0.6 is 0 Å². The third-order valence-corrected chi connectivity index (χ3v) is 6.11. The average molecular weight is 394 g/mol. The molecule has 0 saturated carbocycles.